The number of carbonyl (C=O) groups is 1. The van der Waals surface area contributed by atoms with Gasteiger partial charge in [0.05, 0.1) is 17.8 Å². The Hall–Kier alpha value is -3.19. The molecule has 0 bridgehead atoms. The molecule has 1 aliphatic rings. The van der Waals surface area contributed by atoms with Gasteiger partial charge in [-0.25, -0.2) is 0 Å². The summed E-state index contributed by atoms with van der Waals surface area (Å²) in [4.78, 5) is 22.7. The SMILES string of the molecule is Cc1cccc(NC(=O)CCN2C(=S)NC(c3ccccn3)C2c2cc(C)[nH]c2C)c1. The largest absolute Gasteiger partial charge is 0.362 e. The van der Waals surface area contributed by atoms with Gasteiger partial charge in [-0.1, -0.05) is 18.2 Å². The molecule has 3 heterocycles. The van der Waals surface area contributed by atoms with Gasteiger partial charge in [0.1, 0.15) is 0 Å². The summed E-state index contributed by atoms with van der Waals surface area (Å²) in [6.07, 6.45) is 2.13. The fraction of sp³-hybridized carbons (Fsp3) is 0.292. The van der Waals surface area contributed by atoms with E-state index in [0.29, 0.717) is 18.1 Å². The first-order chi connectivity index (χ1) is 14.9. The number of anilines is 1. The predicted molar refractivity (Wildman–Crippen MR) is 127 cm³/mol. The van der Waals surface area contributed by atoms with E-state index in [-0.39, 0.29) is 18.0 Å². The number of rotatable bonds is 6. The predicted octanol–water partition coefficient (Wildman–Crippen LogP) is 4.34. The van der Waals surface area contributed by atoms with Crippen molar-refractivity contribution < 1.29 is 4.79 Å². The van der Waals surface area contributed by atoms with Crippen LogP contribution in [0.5, 0.6) is 0 Å². The van der Waals surface area contributed by atoms with Crippen LogP contribution in [-0.2, 0) is 4.79 Å². The Morgan fingerprint density at radius 1 is 1.16 bits per heavy atom. The molecule has 1 saturated heterocycles. The van der Waals surface area contributed by atoms with E-state index in [0.717, 1.165) is 28.3 Å². The number of thiocarbonyl (C=S) groups is 1. The molecule has 3 aromatic rings. The third kappa shape index (κ3) is 4.61. The average molecular weight is 434 g/mol. The zero-order valence-electron chi connectivity index (χ0n) is 18.0. The molecule has 4 rings (SSSR count). The Kier molecular flexibility index (Phi) is 6.04. The first-order valence-corrected chi connectivity index (χ1v) is 10.8. The van der Waals surface area contributed by atoms with Gasteiger partial charge in [-0.05, 0) is 74.4 Å². The molecule has 0 saturated carbocycles. The minimum atomic E-state index is -0.0811. The Labute approximate surface area is 188 Å². The summed E-state index contributed by atoms with van der Waals surface area (Å²) in [5.74, 6) is -0.0320. The number of amides is 1. The molecule has 2 atom stereocenters. The molecule has 0 aliphatic carbocycles. The van der Waals surface area contributed by atoms with Gasteiger partial charge in [0.15, 0.2) is 5.11 Å². The van der Waals surface area contributed by atoms with Crippen molar-refractivity contribution in [2.24, 2.45) is 0 Å². The van der Waals surface area contributed by atoms with Crippen LogP contribution >= 0.6 is 12.2 Å². The van der Waals surface area contributed by atoms with Crippen LogP contribution in [0.25, 0.3) is 0 Å². The monoisotopic (exact) mass is 433 g/mol. The first kappa shape index (κ1) is 21.1. The average Bonchev–Trinajstić information content (AvgIpc) is 3.24. The van der Waals surface area contributed by atoms with Gasteiger partial charge in [-0.15, -0.1) is 0 Å². The van der Waals surface area contributed by atoms with Gasteiger partial charge >= 0.3 is 0 Å². The molecule has 0 radical (unpaired) electrons. The summed E-state index contributed by atoms with van der Waals surface area (Å²) in [5.41, 5.74) is 6.22. The van der Waals surface area contributed by atoms with E-state index in [1.807, 2.05) is 56.3 Å². The third-order valence-electron chi connectivity index (χ3n) is 5.59. The lowest BCUT2D eigenvalue weighted by Crippen LogP contribution is -2.32. The van der Waals surface area contributed by atoms with Gasteiger partial charge < -0.3 is 20.5 Å². The molecule has 31 heavy (non-hydrogen) atoms. The molecule has 3 N–H and O–H groups in total. The van der Waals surface area contributed by atoms with Crippen molar-refractivity contribution in [3.8, 4) is 0 Å². The quantitative estimate of drug-likeness (QED) is 0.505. The summed E-state index contributed by atoms with van der Waals surface area (Å²) in [7, 11) is 0. The number of hydrogen-bond acceptors (Lipinski definition) is 3. The van der Waals surface area contributed by atoms with Crippen molar-refractivity contribution in [1.29, 1.82) is 0 Å². The number of aryl methyl sites for hydroxylation is 3. The maximum absolute atomic E-state index is 12.6. The van der Waals surface area contributed by atoms with Gasteiger partial charge in [0, 0.05) is 36.2 Å². The van der Waals surface area contributed by atoms with Gasteiger partial charge in [-0.3, -0.25) is 9.78 Å². The number of benzene rings is 1. The highest BCUT2D eigenvalue weighted by Gasteiger charge is 2.40. The van der Waals surface area contributed by atoms with Crippen LogP contribution in [0.3, 0.4) is 0 Å². The fourth-order valence-electron chi connectivity index (χ4n) is 4.21. The minimum Gasteiger partial charge on any atom is -0.362 e. The van der Waals surface area contributed by atoms with Crippen LogP contribution in [0.15, 0.2) is 54.7 Å². The van der Waals surface area contributed by atoms with Crippen molar-refractivity contribution in [2.75, 3.05) is 11.9 Å². The number of nitrogens with one attached hydrogen (secondary N) is 3. The summed E-state index contributed by atoms with van der Waals surface area (Å²) >= 11 is 5.69. The van der Waals surface area contributed by atoms with Crippen LogP contribution in [0, 0.1) is 20.8 Å². The second-order valence-electron chi connectivity index (χ2n) is 8.02. The zero-order valence-corrected chi connectivity index (χ0v) is 18.8. The van der Waals surface area contributed by atoms with E-state index in [2.05, 4.69) is 38.5 Å². The highest BCUT2D eigenvalue weighted by molar-refractivity contribution is 7.80. The van der Waals surface area contributed by atoms with E-state index in [4.69, 9.17) is 12.2 Å². The van der Waals surface area contributed by atoms with Crippen molar-refractivity contribution >= 4 is 28.9 Å². The molecule has 2 unspecified atom stereocenters. The normalized spacial score (nSPS) is 18.2. The summed E-state index contributed by atoms with van der Waals surface area (Å²) < 4.78 is 0. The molecule has 6 nitrogen and oxygen atoms in total. The smallest absolute Gasteiger partial charge is 0.226 e. The topological polar surface area (TPSA) is 73.1 Å². The molecular weight excluding hydrogens is 406 g/mol. The third-order valence-corrected chi connectivity index (χ3v) is 5.94. The minimum absolute atomic E-state index is 0.0320. The molecule has 2 aromatic heterocycles. The Bertz CT molecular complexity index is 1090. The van der Waals surface area contributed by atoms with Gasteiger partial charge in [0.2, 0.25) is 5.91 Å². The first-order valence-electron chi connectivity index (χ1n) is 10.4. The number of nitrogens with zero attached hydrogens (tertiary/aromatic N) is 2. The van der Waals surface area contributed by atoms with Gasteiger partial charge in [-0.2, -0.15) is 0 Å². The lowest BCUT2D eigenvalue weighted by atomic mass is 9.96. The van der Waals surface area contributed by atoms with Crippen molar-refractivity contribution in [2.45, 2.75) is 39.3 Å². The van der Waals surface area contributed by atoms with Crippen LogP contribution in [0.4, 0.5) is 5.69 Å². The fourth-order valence-corrected chi connectivity index (χ4v) is 4.54. The number of pyridine rings is 1. The van der Waals surface area contributed by atoms with Crippen LogP contribution in [0.1, 0.15) is 46.7 Å². The van der Waals surface area contributed by atoms with E-state index in [9.17, 15) is 4.79 Å². The van der Waals surface area contributed by atoms with E-state index in [1.54, 1.807) is 6.20 Å². The number of aromatic nitrogens is 2. The van der Waals surface area contributed by atoms with E-state index in [1.165, 1.54) is 5.56 Å². The van der Waals surface area contributed by atoms with Gasteiger partial charge in [0.25, 0.3) is 0 Å². The molecule has 1 aromatic carbocycles. The molecule has 1 aliphatic heterocycles. The molecule has 7 heteroatoms. The standard InChI is InChI=1S/C24H27N5OS/c1-15-7-6-8-18(13-15)27-21(30)10-12-29-23(19-14-16(2)26-17(19)3)22(28-24(29)31)20-9-4-5-11-25-20/h4-9,11,13-14,22-23,26H,10,12H2,1-3H3,(H,27,30)(H,28,31). The highest BCUT2D eigenvalue weighted by Crippen LogP contribution is 2.40. The number of H-pyrrole nitrogens is 1. The van der Waals surface area contributed by atoms with Crippen molar-refractivity contribution in [3.63, 3.8) is 0 Å². The second-order valence-corrected chi connectivity index (χ2v) is 8.41. The maximum atomic E-state index is 12.6. The number of hydrogen-bond donors (Lipinski definition) is 3. The van der Waals surface area contributed by atoms with Crippen LogP contribution in [-0.4, -0.2) is 32.4 Å². The van der Waals surface area contributed by atoms with Crippen molar-refractivity contribution in [1.82, 2.24) is 20.2 Å². The molecule has 1 fully saturated rings. The molecule has 0 spiro atoms. The Balaban J connectivity index is 1.55. The zero-order chi connectivity index (χ0) is 22.0. The van der Waals surface area contributed by atoms with E-state index >= 15 is 0 Å². The summed E-state index contributed by atoms with van der Waals surface area (Å²) in [6, 6.07) is 15.7. The van der Waals surface area contributed by atoms with Crippen LogP contribution in [0.2, 0.25) is 0 Å². The number of aromatic amines is 1. The van der Waals surface area contributed by atoms with E-state index < -0.39 is 0 Å². The molecular formula is C24H27N5OS. The summed E-state index contributed by atoms with van der Waals surface area (Å²) in [5, 5.41) is 7.06. The Morgan fingerprint density at radius 3 is 2.68 bits per heavy atom. The lowest BCUT2D eigenvalue weighted by molar-refractivity contribution is -0.116. The Morgan fingerprint density at radius 2 is 2.00 bits per heavy atom. The van der Waals surface area contributed by atoms with Crippen LogP contribution < -0.4 is 10.6 Å². The number of carbonyl (C=O) groups excluding carboxylic acids is 1. The molecule has 1 amide bonds. The summed E-state index contributed by atoms with van der Waals surface area (Å²) in [6.45, 7) is 6.64. The van der Waals surface area contributed by atoms with Crippen molar-refractivity contribution in [3.05, 3.63) is 82.9 Å². The second kappa shape index (κ2) is 8.89. The highest BCUT2D eigenvalue weighted by atomic mass is 32.1. The maximum Gasteiger partial charge on any atom is 0.226 e. The lowest BCUT2D eigenvalue weighted by Gasteiger charge is -2.27. The molecule has 160 valence electrons.